The largest absolute Gasteiger partial charge is 0.305 e. The van der Waals surface area contributed by atoms with Gasteiger partial charge >= 0.3 is 0 Å². The molecule has 0 fully saturated rings. The predicted octanol–water partition coefficient (Wildman–Crippen LogP) is 4.39. The fourth-order valence-corrected chi connectivity index (χ4v) is 2.52. The first-order chi connectivity index (χ1) is 8.16. The van der Waals surface area contributed by atoms with Crippen LogP contribution in [-0.2, 0) is 6.54 Å². The summed E-state index contributed by atoms with van der Waals surface area (Å²) in [5.74, 6) is -0.373. The highest BCUT2D eigenvalue weighted by Crippen LogP contribution is 2.20. The Morgan fingerprint density at radius 3 is 2.88 bits per heavy atom. The van der Waals surface area contributed by atoms with E-state index in [0.29, 0.717) is 12.6 Å². The van der Waals surface area contributed by atoms with Gasteiger partial charge < -0.3 is 5.32 Å². The van der Waals surface area contributed by atoms with Crippen LogP contribution in [0.2, 0.25) is 5.02 Å². The molecule has 2 aromatic rings. The van der Waals surface area contributed by atoms with Crippen LogP contribution in [0.15, 0.2) is 35.7 Å². The zero-order valence-corrected chi connectivity index (χ0v) is 11.0. The molecule has 1 nitrogen and oxygen atoms in total. The molecule has 2 rings (SSSR count). The van der Waals surface area contributed by atoms with E-state index in [4.69, 9.17) is 11.6 Å². The van der Waals surface area contributed by atoms with Gasteiger partial charge in [-0.05, 0) is 36.1 Å². The van der Waals surface area contributed by atoms with Gasteiger partial charge in [0.1, 0.15) is 5.82 Å². The summed E-state index contributed by atoms with van der Waals surface area (Å²) < 4.78 is 13.0. The van der Waals surface area contributed by atoms with Crippen LogP contribution in [0.25, 0.3) is 0 Å². The highest BCUT2D eigenvalue weighted by Gasteiger charge is 2.06. The quantitative estimate of drug-likeness (QED) is 0.868. The molecule has 1 aromatic carbocycles. The lowest BCUT2D eigenvalue weighted by Crippen LogP contribution is -2.17. The fraction of sp³-hybridized carbons (Fsp3) is 0.231. The van der Waals surface area contributed by atoms with Crippen LogP contribution >= 0.6 is 22.9 Å². The van der Waals surface area contributed by atoms with Crippen molar-refractivity contribution in [1.82, 2.24) is 5.32 Å². The number of thiophene rings is 1. The molecule has 1 N–H and O–H groups in total. The van der Waals surface area contributed by atoms with E-state index in [2.05, 4.69) is 23.7 Å². The van der Waals surface area contributed by atoms with Crippen molar-refractivity contribution < 1.29 is 4.39 Å². The van der Waals surface area contributed by atoms with Gasteiger partial charge in [0.05, 0.1) is 5.02 Å². The number of nitrogens with one attached hydrogen (secondary N) is 1. The first-order valence-corrected chi connectivity index (χ1v) is 6.63. The van der Waals surface area contributed by atoms with Crippen LogP contribution in [0, 0.1) is 5.82 Å². The van der Waals surface area contributed by atoms with Crippen molar-refractivity contribution in [1.29, 1.82) is 0 Å². The minimum Gasteiger partial charge on any atom is -0.305 e. The van der Waals surface area contributed by atoms with E-state index in [1.165, 1.54) is 10.9 Å². The van der Waals surface area contributed by atoms with E-state index >= 15 is 0 Å². The molecule has 0 unspecified atom stereocenters. The minimum atomic E-state index is -0.373. The van der Waals surface area contributed by atoms with E-state index in [0.717, 1.165) is 5.56 Å². The van der Waals surface area contributed by atoms with Gasteiger partial charge in [-0.25, -0.2) is 4.39 Å². The Morgan fingerprint density at radius 1 is 1.41 bits per heavy atom. The summed E-state index contributed by atoms with van der Waals surface area (Å²) in [5.41, 5.74) is 0.986. The normalized spacial score (nSPS) is 12.6. The second kappa shape index (κ2) is 5.63. The SMILES string of the molecule is C[C@H](NCc1ccc(F)c(Cl)c1)c1cccs1. The molecule has 0 aliphatic rings. The maximum atomic E-state index is 13.0. The van der Waals surface area contributed by atoms with E-state index in [-0.39, 0.29) is 10.8 Å². The molecular weight excluding hydrogens is 257 g/mol. The lowest BCUT2D eigenvalue weighted by molar-refractivity contribution is 0.580. The first-order valence-electron chi connectivity index (χ1n) is 5.37. The molecule has 0 aliphatic heterocycles. The lowest BCUT2D eigenvalue weighted by atomic mass is 10.2. The molecule has 17 heavy (non-hydrogen) atoms. The Morgan fingerprint density at radius 2 is 2.24 bits per heavy atom. The molecule has 0 bridgehead atoms. The van der Waals surface area contributed by atoms with Gasteiger partial charge in [0.15, 0.2) is 0 Å². The Kier molecular flexibility index (Phi) is 4.15. The summed E-state index contributed by atoms with van der Waals surface area (Å²) in [5, 5.41) is 5.61. The molecule has 0 saturated carbocycles. The van der Waals surface area contributed by atoms with Gasteiger partial charge in [0.2, 0.25) is 0 Å². The zero-order valence-electron chi connectivity index (χ0n) is 9.41. The average Bonchev–Trinajstić information content (AvgIpc) is 2.84. The molecule has 1 heterocycles. The number of hydrogen-bond acceptors (Lipinski definition) is 2. The standard InChI is InChI=1S/C13H13ClFNS/c1-9(13-3-2-6-17-13)16-8-10-4-5-12(15)11(14)7-10/h2-7,9,16H,8H2,1H3/t9-/m0/s1. The van der Waals surface area contributed by atoms with Crippen molar-refractivity contribution in [3.63, 3.8) is 0 Å². The molecule has 0 saturated heterocycles. The van der Waals surface area contributed by atoms with Crippen LogP contribution in [-0.4, -0.2) is 0 Å². The Bertz CT molecular complexity index is 484. The Balaban J connectivity index is 1.96. The van der Waals surface area contributed by atoms with Crippen molar-refractivity contribution in [3.8, 4) is 0 Å². The molecule has 1 aromatic heterocycles. The molecule has 0 aliphatic carbocycles. The number of rotatable bonds is 4. The predicted molar refractivity (Wildman–Crippen MR) is 71.0 cm³/mol. The highest BCUT2D eigenvalue weighted by atomic mass is 35.5. The van der Waals surface area contributed by atoms with E-state index < -0.39 is 0 Å². The maximum absolute atomic E-state index is 13.0. The minimum absolute atomic E-state index is 0.174. The average molecular weight is 270 g/mol. The summed E-state index contributed by atoms with van der Waals surface area (Å²) in [6, 6.07) is 9.22. The number of halogens is 2. The molecule has 0 radical (unpaired) electrons. The molecule has 0 spiro atoms. The highest BCUT2D eigenvalue weighted by molar-refractivity contribution is 7.10. The van der Waals surface area contributed by atoms with Crippen LogP contribution in [0.1, 0.15) is 23.4 Å². The second-order valence-corrected chi connectivity index (χ2v) is 5.25. The topological polar surface area (TPSA) is 12.0 Å². The molecule has 0 amide bonds. The van der Waals surface area contributed by atoms with Crippen LogP contribution in [0.3, 0.4) is 0 Å². The summed E-state index contributed by atoms with van der Waals surface area (Å²) in [6.45, 7) is 2.79. The summed E-state index contributed by atoms with van der Waals surface area (Å²) in [7, 11) is 0. The maximum Gasteiger partial charge on any atom is 0.141 e. The molecule has 4 heteroatoms. The van der Waals surface area contributed by atoms with E-state index in [1.807, 2.05) is 6.07 Å². The Labute approximate surface area is 109 Å². The van der Waals surface area contributed by atoms with Crippen LogP contribution < -0.4 is 5.32 Å². The summed E-state index contributed by atoms with van der Waals surface area (Å²) >= 11 is 7.45. The van der Waals surface area contributed by atoms with Gasteiger partial charge in [-0.1, -0.05) is 23.7 Å². The second-order valence-electron chi connectivity index (χ2n) is 3.87. The van der Waals surface area contributed by atoms with Crippen molar-refractivity contribution in [2.24, 2.45) is 0 Å². The first kappa shape index (κ1) is 12.6. The zero-order chi connectivity index (χ0) is 12.3. The molecular formula is C13H13ClFNS. The number of hydrogen-bond donors (Lipinski definition) is 1. The summed E-state index contributed by atoms with van der Waals surface area (Å²) in [6.07, 6.45) is 0. The van der Waals surface area contributed by atoms with Crippen molar-refractivity contribution in [3.05, 3.63) is 57.0 Å². The van der Waals surface area contributed by atoms with Crippen molar-refractivity contribution in [2.75, 3.05) is 0 Å². The molecule has 1 atom stereocenters. The van der Waals surface area contributed by atoms with Gasteiger partial charge in [0.25, 0.3) is 0 Å². The third-order valence-electron chi connectivity index (χ3n) is 2.57. The number of benzene rings is 1. The van der Waals surface area contributed by atoms with Gasteiger partial charge in [0, 0.05) is 17.5 Å². The van der Waals surface area contributed by atoms with E-state index in [9.17, 15) is 4.39 Å². The van der Waals surface area contributed by atoms with Crippen molar-refractivity contribution >= 4 is 22.9 Å². The molecule has 90 valence electrons. The fourth-order valence-electron chi connectivity index (χ4n) is 1.56. The summed E-state index contributed by atoms with van der Waals surface area (Å²) in [4.78, 5) is 1.29. The van der Waals surface area contributed by atoms with Crippen LogP contribution in [0.5, 0.6) is 0 Å². The van der Waals surface area contributed by atoms with Gasteiger partial charge in [-0.15, -0.1) is 11.3 Å². The monoisotopic (exact) mass is 269 g/mol. The lowest BCUT2D eigenvalue weighted by Gasteiger charge is -2.12. The van der Waals surface area contributed by atoms with Gasteiger partial charge in [-0.2, -0.15) is 0 Å². The Hall–Kier alpha value is -0.900. The third kappa shape index (κ3) is 3.28. The van der Waals surface area contributed by atoms with Gasteiger partial charge in [-0.3, -0.25) is 0 Å². The van der Waals surface area contributed by atoms with Crippen molar-refractivity contribution in [2.45, 2.75) is 19.5 Å². The van der Waals surface area contributed by atoms with Crippen LogP contribution in [0.4, 0.5) is 4.39 Å². The smallest absolute Gasteiger partial charge is 0.141 e. The third-order valence-corrected chi connectivity index (χ3v) is 3.91. The van der Waals surface area contributed by atoms with E-state index in [1.54, 1.807) is 23.5 Å².